The molecule has 0 aliphatic rings. The molecule has 0 aliphatic heterocycles. The molecule has 0 saturated carbocycles. The van der Waals surface area contributed by atoms with Crippen LogP contribution in [0.5, 0.6) is 0 Å². The first-order chi connectivity index (χ1) is 9.06. The maximum absolute atomic E-state index is 12.7. The van der Waals surface area contributed by atoms with Gasteiger partial charge in [0.2, 0.25) is 0 Å². The van der Waals surface area contributed by atoms with Crippen molar-refractivity contribution in [3.63, 3.8) is 0 Å². The van der Waals surface area contributed by atoms with Crippen LogP contribution in [0.4, 0.5) is 8.78 Å². The summed E-state index contributed by atoms with van der Waals surface area (Å²) in [7, 11) is 0. The van der Waals surface area contributed by atoms with Crippen molar-refractivity contribution in [2.45, 2.75) is 6.42 Å². The molecule has 4 heteroatoms. The van der Waals surface area contributed by atoms with Crippen LogP contribution in [0.2, 0.25) is 0 Å². The van der Waals surface area contributed by atoms with Crippen molar-refractivity contribution in [1.29, 1.82) is 0 Å². The molecule has 0 spiro atoms. The van der Waals surface area contributed by atoms with Crippen LogP contribution >= 0.6 is 0 Å². The van der Waals surface area contributed by atoms with Gasteiger partial charge in [-0.1, -0.05) is 0 Å². The molecule has 0 saturated heterocycles. The van der Waals surface area contributed by atoms with Crippen LogP contribution in [0.25, 0.3) is 0 Å². The molecule has 0 amide bonds. The molecule has 2 rings (SSSR count). The van der Waals surface area contributed by atoms with Crippen molar-refractivity contribution in [3.8, 4) is 0 Å². The van der Waals surface area contributed by atoms with Gasteiger partial charge in [-0.3, -0.25) is 9.59 Å². The van der Waals surface area contributed by atoms with Gasteiger partial charge in [-0.05, 0) is 48.5 Å². The third kappa shape index (κ3) is 3.31. The molecule has 0 bridgehead atoms. The average Bonchev–Trinajstić information content (AvgIpc) is 2.40. The number of ketones is 2. The second-order valence-corrected chi connectivity index (χ2v) is 4.04. The lowest BCUT2D eigenvalue weighted by molar-refractivity contribution is 0.0894. The quantitative estimate of drug-likeness (QED) is 0.623. The number of hydrogen-bond donors (Lipinski definition) is 0. The highest BCUT2D eigenvalue weighted by atomic mass is 19.1. The topological polar surface area (TPSA) is 34.1 Å². The van der Waals surface area contributed by atoms with E-state index in [1.165, 1.54) is 24.3 Å². The zero-order valence-corrected chi connectivity index (χ0v) is 9.90. The van der Waals surface area contributed by atoms with Gasteiger partial charge >= 0.3 is 0 Å². The second-order valence-electron chi connectivity index (χ2n) is 4.04. The maximum atomic E-state index is 12.7. The van der Waals surface area contributed by atoms with Crippen molar-refractivity contribution in [2.24, 2.45) is 0 Å². The van der Waals surface area contributed by atoms with E-state index < -0.39 is 23.2 Å². The molecule has 0 radical (unpaired) electrons. The fourth-order valence-electron chi connectivity index (χ4n) is 1.62. The molecule has 0 aliphatic carbocycles. The predicted octanol–water partition coefficient (Wildman–Crippen LogP) is 3.42. The molecule has 0 fully saturated rings. The molecule has 2 nitrogen and oxygen atoms in total. The Morgan fingerprint density at radius 3 is 1.32 bits per heavy atom. The Kier molecular flexibility index (Phi) is 3.80. The number of benzene rings is 2. The summed E-state index contributed by atoms with van der Waals surface area (Å²) in [6.07, 6.45) is -0.322. The monoisotopic (exact) mass is 260 g/mol. The molecule has 0 atom stereocenters. The summed E-state index contributed by atoms with van der Waals surface area (Å²) in [5.74, 6) is -1.67. The third-order valence-electron chi connectivity index (χ3n) is 2.65. The van der Waals surface area contributed by atoms with E-state index in [0.717, 1.165) is 24.3 Å². The molecule has 19 heavy (non-hydrogen) atoms. The summed E-state index contributed by atoms with van der Waals surface area (Å²) in [5, 5.41) is 0. The molecule has 0 heterocycles. The highest BCUT2D eigenvalue weighted by molar-refractivity contribution is 6.13. The number of halogens is 2. The minimum Gasteiger partial charge on any atom is -0.294 e. The zero-order chi connectivity index (χ0) is 13.8. The Bertz CT molecular complexity index is 546. The maximum Gasteiger partial charge on any atom is 0.170 e. The minimum atomic E-state index is -0.443. The van der Waals surface area contributed by atoms with Gasteiger partial charge in [-0.25, -0.2) is 8.78 Å². The van der Waals surface area contributed by atoms with Crippen LogP contribution in [0.15, 0.2) is 48.5 Å². The largest absolute Gasteiger partial charge is 0.294 e. The van der Waals surface area contributed by atoms with Crippen molar-refractivity contribution in [1.82, 2.24) is 0 Å². The minimum absolute atomic E-state index is 0.275. The lowest BCUT2D eigenvalue weighted by atomic mass is 10.0. The summed E-state index contributed by atoms with van der Waals surface area (Å²) in [6, 6.07) is 9.97. The van der Waals surface area contributed by atoms with E-state index in [-0.39, 0.29) is 17.5 Å². The number of Topliss-reactive ketones (excluding diaryl/α,β-unsaturated/α-hetero) is 2. The Morgan fingerprint density at radius 2 is 1.00 bits per heavy atom. The van der Waals surface area contributed by atoms with Gasteiger partial charge in [0.05, 0.1) is 6.42 Å². The van der Waals surface area contributed by atoms with Crippen molar-refractivity contribution >= 4 is 11.6 Å². The van der Waals surface area contributed by atoms with Crippen molar-refractivity contribution in [3.05, 3.63) is 71.3 Å². The molecule has 0 unspecified atom stereocenters. The smallest absolute Gasteiger partial charge is 0.170 e. The lowest BCUT2D eigenvalue weighted by Crippen LogP contribution is -2.08. The van der Waals surface area contributed by atoms with Gasteiger partial charge in [-0.15, -0.1) is 0 Å². The molecule has 2 aromatic rings. The highest BCUT2D eigenvalue weighted by Crippen LogP contribution is 2.10. The zero-order valence-electron chi connectivity index (χ0n) is 9.90. The van der Waals surface area contributed by atoms with Crippen LogP contribution in [0.3, 0.4) is 0 Å². The summed E-state index contributed by atoms with van der Waals surface area (Å²) in [5.41, 5.74) is 0.550. The van der Waals surface area contributed by atoms with Gasteiger partial charge in [0, 0.05) is 11.1 Å². The predicted molar refractivity (Wildman–Crippen MR) is 66.1 cm³/mol. The molecular weight excluding hydrogens is 250 g/mol. The number of hydrogen-bond acceptors (Lipinski definition) is 2. The summed E-state index contributed by atoms with van der Waals surface area (Å²) in [6.45, 7) is 0. The van der Waals surface area contributed by atoms with Crippen LogP contribution < -0.4 is 0 Å². The van der Waals surface area contributed by atoms with Gasteiger partial charge in [0.25, 0.3) is 0 Å². The Labute approximate surface area is 108 Å². The molecular formula is C15H10F2O2. The van der Waals surface area contributed by atoms with Crippen molar-refractivity contribution in [2.75, 3.05) is 0 Å². The third-order valence-corrected chi connectivity index (χ3v) is 2.65. The number of rotatable bonds is 4. The summed E-state index contributed by atoms with van der Waals surface area (Å²) >= 11 is 0. The first-order valence-corrected chi connectivity index (χ1v) is 5.64. The fraction of sp³-hybridized carbons (Fsp3) is 0.0667. The molecule has 0 aromatic heterocycles. The lowest BCUT2D eigenvalue weighted by Gasteiger charge is -2.01. The van der Waals surface area contributed by atoms with Crippen LogP contribution in [0, 0.1) is 11.6 Å². The van der Waals surface area contributed by atoms with Crippen LogP contribution in [-0.4, -0.2) is 11.6 Å². The Morgan fingerprint density at radius 1 is 0.684 bits per heavy atom. The van der Waals surface area contributed by atoms with Gasteiger partial charge in [0.15, 0.2) is 11.6 Å². The Balaban J connectivity index is 2.08. The molecule has 2 aromatic carbocycles. The van der Waals surface area contributed by atoms with E-state index in [1.807, 2.05) is 0 Å². The highest BCUT2D eigenvalue weighted by Gasteiger charge is 2.13. The number of carbonyl (C=O) groups excluding carboxylic acids is 2. The standard InChI is InChI=1S/C15H10F2O2/c16-12-5-1-10(2-6-12)14(18)9-15(19)11-3-7-13(17)8-4-11/h1-8H,9H2. The average molecular weight is 260 g/mol. The van der Waals surface area contributed by atoms with E-state index in [1.54, 1.807) is 0 Å². The van der Waals surface area contributed by atoms with Crippen LogP contribution in [-0.2, 0) is 0 Å². The second kappa shape index (κ2) is 5.52. The van der Waals surface area contributed by atoms with E-state index in [2.05, 4.69) is 0 Å². The molecule has 96 valence electrons. The SMILES string of the molecule is O=C(CC(=O)c1ccc(F)cc1)c1ccc(F)cc1. The van der Waals surface area contributed by atoms with E-state index in [0.29, 0.717) is 0 Å². The van der Waals surface area contributed by atoms with Gasteiger partial charge in [0.1, 0.15) is 11.6 Å². The van der Waals surface area contributed by atoms with Crippen molar-refractivity contribution < 1.29 is 18.4 Å². The van der Waals surface area contributed by atoms with E-state index >= 15 is 0 Å². The van der Waals surface area contributed by atoms with Gasteiger partial charge in [-0.2, -0.15) is 0 Å². The summed E-state index contributed by atoms with van der Waals surface area (Å²) in [4.78, 5) is 23.6. The fourth-order valence-corrected chi connectivity index (χ4v) is 1.62. The normalized spacial score (nSPS) is 10.2. The number of carbonyl (C=O) groups is 2. The van der Waals surface area contributed by atoms with E-state index in [9.17, 15) is 18.4 Å². The molecule has 0 N–H and O–H groups in total. The van der Waals surface area contributed by atoms with Crippen LogP contribution in [0.1, 0.15) is 27.1 Å². The summed E-state index contributed by atoms with van der Waals surface area (Å²) < 4.78 is 25.4. The first-order valence-electron chi connectivity index (χ1n) is 5.64. The van der Waals surface area contributed by atoms with Gasteiger partial charge < -0.3 is 0 Å². The first kappa shape index (κ1) is 13.1. The van der Waals surface area contributed by atoms with E-state index in [4.69, 9.17) is 0 Å². The Hall–Kier alpha value is -2.36.